The molecule has 3 aromatic heterocycles. The molecule has 12 nitrogen and oxygen atoms in total. The van der Waals surface area contributed by atoms with E-state index in [4.69, 9.17) is 21.0 Å². The first kappa shape index (κ1) is 25.4. The zero-order chi connectivity index (χ0) is 26.5. The number of fused-ring (bicyclic) bond motifs is 1. The molecule has 0 aliphatic carbocycles. The number of aliphatic carboxylic acids is 1. The molecule has 4 aromatic rings. The number of hydrogen-bond donors (Lipinski definition) is 4. The molecule has 1 atom stereocenters. The number of nitrogen functional groups attached to an aromatic ring is 2. The lowest BCUT2D eigenvalue weighted by Crippen LogP contribution is -2.33. The number of nitrogens with one attached hydrogen (secondary N) is 1. The summed E-state index contributed by atoms with van der Waals surface area (Å²) in [6.07, 6.45) is 5.24. The van der Waals surface area contributed by atoms with Gasteiger partial charge in [-0.15, -0.1) is 0 Å². The molecule has 6 N–H and O–H groups in total. The van der Waals surface area contributed by atoms with Gasteiger partial charge in [0.05, 0.1) is 31.0 Å². The lowest BCUT2D eigenvalue weighted by Gasteiger charge is -2.26. The summed E-state index contributed by atoms with van der Waals surface area (Å²) in [5.74, 6) is -0.967. The normalized spacial score (nSPS) is 11.8. The number of furan rings is 1. The summed E-state index contributed by atoms with van der Waals surface area (Å²) in [5.41, 5.74) is 16.2. The molecule has 0 fully saturated rings. The molecule has 0 radical (unpaired) electrons. The minimum absolute atomic E-state index is 0.00872. The molecule has 1 unspecified atom stereocenters. The molecule has 0 saturated heterocycles. The van der Waals surface area contributed by atoms with Crippen LogP contribution in [-0.4, -0.2) is 43.0 Å². The Morgan fingerprint density at radius 1 is 1.16 bits per heavy atom. The molecule has 37 heavy (non-hydrogen) atoms. The van der Waals surface area contributed by atoms with Gasteiger partial charge in [0.2, 0.25) is 5.95 Å². The molecule has 3 heterocycles. The second kappa shape index (κ2) is 10.9. The Morgan fingerprint density at radius 2 is 1.97 bits per heavy atom. The predicted octanol–water partition coefficient (Wildman–Crippen LogP) is 2.68. The molecule has 0 aliphatic rings. The standard InChI is InChI=1S/C25H28N8O4/c1-14-9-17(24(36)29-15(2)3-6-20(34)35)4-5-19(14)33(11-16-7-8-37-13-16)12-18-10-28-23-21(30-18)22(26)31-25(27)32-23/h4-5,7-10,13,15H,3,6,11-12H2,1-2H3,(H,29,36)(H,34,35)(H4,26,27,28,31,32). The van der Waals surface area contributed by atoms with Gasteiger partial charge in [-0.3, -0.25) is 9.59 Å². The first-order chi connectivity index (χ1) is 17.7. The number of hydrogen-bond acceptors (Lipinski definition) is 10. The van der Waals surface area contributed by atoms with Crippen LogP contribution in [0.5, 0.6) is 0 Å². The van der Waals surface area contributed by atoms with Crippen LogP contribution in [-0.2, 0) is 17.9 Å². The van der Waals surface area contributed by atoms with E-state index in [2.05, 4.69) is 30.2 Å². The van der Waals surface area contributed by atoms with E-state index in [-0.39, 0.29) is 30.1 Å². The van der Waals surface area contributed by atoms with Gasteiger partial charge in [0, 0.05) is 35.8 Å². The summed E-state index contributed by atoms with van der Waals surface area (Å²) in [6, 6.07) is 7.03. The van der Waals surface area contributed by atoms with Gasteiger partial charge in [-0.25, -0.2) is 9.97 Å². The number of amides is 1. The van der Waals surface area contributed by atoms with Crippen molar-refractivity contribution in [3.8, 4) is 0 Å². The Balaban J connectivity index is 1.58. The number of anilines is 3. The number of nitrogens with zero attached hydrogens (tertiary/aromatic N) is 5. The highest BCUT2D eigenvalue weighted by atomic mass is 16.4. The quantitative estimate of drug-likeness (QED) is 0.249. The van der Waals surface area contributed by atoms with Crippen molar-refractivity contribution < 1.29 is 19.1 Å². The molecule has 0 bridgehead atoms. The number of carboxylic acids is 1. The van der Waals surface area contributed by atoms with E-state index in [0.717, 1.165) is 16.8 Å². The number of carbonyl (C=O) groups is 2. The van der Waals surface area contributed by atoms with Crippen molar-refractivity contribution in [3.05, 3.63) is 65.4 Å². The first-order valence-electron chi connectivity index (χ1n) is 11.6. The number of aromatic nitrogens is 4. The van der Waals surface area contributed by atoms with Gasteiger partial charge in [0.15, 0.2) is 17.0 Å². The van der Waals surface area contributed by atoms with E-state index in [1.54, 1.807) is 37.8 Å². The van der Waals surface area contributed by atoms with Gasteiger partial charge >= 0.3 is 5.97 Å². The van der Waals surface area contributed by atoms with Crippen LogP contribution in [0.25, 0.3) is 11.2 Å². The largest absolute Gasteiger partial charge is 0.481 e. The van der Waals surface area contributed by atoms with Crippen LogP contribution in [0, 0.1) is 6.92 Å². The fourth-order valence-electron chi connectivity index (χ4n) is 3.95. The Hall–Kier alpha value is -4.74. The van der Waals surface area contributed by atoms with Gasteiger partial charge in [-0.2, -0.15) is 9.97 Å². The summed E-state index contributed by atoms with van der Waals surface area (Å²) in [5, 5.41) is 11.7. The van der Waals surface area contributed by atoms with Gasteiger partial charge in [0.1, 0.15) is 0 Å². The molecule has 1 amide bonds. The van der Waals surface area contributed by atoms with E-state index in [9.17, 15) is 9.59 Å². The number of carbonyl (C=O) groups excluding carboxylic acids is 1. The highest BCUT2D eigenvalue weighted by Gasteiger charge is 2.17. The Kier molecular flexibility index (Phi) is 7.47. The molecular weight excluding hydrogens is 476 g/mol. The van der Waals surface area contributed by atoms with Gasteiger partial charge in [0.25, 0.3) is 5.91 Å². The van der Waals surface area contributed by atoms with Crippen LogP contribution < -0.4 is 21.7 Å². The molecule has 4 rings (SSSR count). The van der Waals surface area contributed by atoms with E-state index >= 15 is 0 Å². The second-order valence-corrected chi connectivity index (χ2v) is 8.80. The van der Waals surface area contributed by atoms with Crippen molar-refractivity contribution in [3.63, 3.8) is 0 Å². The van der Waals surface area contributed by atoms with Crippen LogP contribution in [0.4, 0.5) is 17.5 Å². The van der Waals surface area contributed by atoms with Crippen LogP contribution in [0.3, 0.4) is 0 Å². The van der Waals surface area contributed by atoms with Crippen molar-refractivity contribution >= 4 is 40.5 Å². The van der Waals surface area contributed by atoms with Crippen LogP contribution in [0.2, 0.25) is 0 Å². The lowest BCUT2D eigenvalue weighted by molar-refractivity contribution is -0.137. The zero-order valence-corrected chi connectivity index (χ0v) is 20.5. The van der Waals surface area contributed by atoms with Gasteiger partial charge in [-0.1, -0.05) is 0 Å². The van der Waals surface area contributed by atoms with E-state index in [1.807, 2.05) is 19.1 Å². The summed E-state index contributed by atoms with van der Waals surface area (Å²) < 4.78 is 5.25. The predicted molar refractivity (Wildman–Crippen MR) is 138 cm³/mol. The minimum atomic E-state index is -0.894. The summed E-state index contributed by atoms with van der Waals surface area (Å²) in [6.45, 7) is 4.60. The highest BCUT2D eigenvalue weighted by molar-refractivity contribution is 5.95. The monoisotopic (exact) mass is 504 g/mol. The molecule has 12 heteroatoms. The number of nitrogens with two attached hydrogens (primary N) is 2. The van der Waals surface area contributed by atoms with Crippen LogP contribution in [0.15, 0.2) is 47.4 Å². The molecule has 192 valence electrons. The average molecular weight is 505 g/mol. The Morgan fingerprint density at radius 3 is 2.68 bits per heavy atom. The van der Waals surface area contributed by atoms with Crippen molar-refractivity contribution in [2.45, 2.75) is 45.8 Å². The Labute approximate surface area is 212 Å². The van der Waals surface area contributed by atoms with Crippen molar-refractivity contribution in [1.29, 1.82) is 0 Å². The molecule has 1 aromatic carbocycles. The van der Waals surface area contributed by atoms with Crippen LogP contribution in [0.1, 0.15) is 46.9 Å². The number of carboxylic acid groups (broad SMARTS) is 1. The molecule has 0 aliphatic heterocycles. The van der Waals surface area contributed by atoms with Gasteiger partial charge in [-0.05, 0) is 50.1 Å². The SMILES string of the molecule is Cc1cc(C(=O)NC(C)CCC(=O)O)ccc1N(Cc1ccoc1)Cc1cnc2nc(N)nc(N)c2n1. The smallest absolute Gasteiger partial charge is 0.303 e. The van der Waals surface area contributed by atoms with Gasteiger partial charge < -0.3 is 31.2 Å². The number of rotatable bonds is 10. The third-order valence-electron chi connectivity index (χ3n) is 5.78. The van der Waals surface area contributed by atoms with Crippen molar-refractivity contribution in [2.24, 2.45) is 0 Å². The van der Waals surface area contributed by atoms with E-state index in [0.29, 0.717) is 41.9 Å². The maximum absolute atomic E-state index is 12.7. The number of aryl methyl sites for hydroxylation is 1. The van der Waals surface area contributed by atoms with Crippen molar-refractivity contribution in [1.82, 2.24) is 25.3 Å². The lowest BCUT2D eigenvalue weighted by atomic mass is 10.1. The van der Waals surface area contributed by atoms with Crippen LogP contribution >= 0.6 is 0 Å². The highest BCUT2D eigenvalue weighted by Crippen LogP contribution is 2.26. The summed E-state index contributed by atoms with van der Waals surface area (Å²) >= 11 is 0. The molecule has 0 spiro atoms. The first-order valence-corrected chi connectivity index (χ1v) is 11.6. The van der Waals surface area contributed by atoms with Crippen molar-refractivity contribution in [2.75, 3.05) is 16.4 Å². The average Bonchev–Trinajstić information content (AvgIpc) is 3.36. The third-order valence-corrected chi connectivity index (χ3v) is 5.78. The number of benzene rings is 1. The fraction of sp³-hybridized carbons (Fsp3) is 0.280. The van der Waals surface area contributed by atoms with E-state index < -0.39 is 5.97 Å². The maximum atomic E-state index is 12.7. The maximum Gasteiger partial charge on any atom is 0.303 e. The molecular formula is C25H28N8O4. The summed E-state index contributed by atoms with van der Waals surface area (Å²) in [7, 11) is 0. The fourth-order valence-corrected chi connectivity index (χ4v) is 3.95. The zero-order valence-electron chi connectivity index (χ0n) is 20.5. The molecule has 0 saturated carbocycles. The topological polar surface area (TPSA) is 186 Å². The summed E-state index contributed by atoms with van der Waals surface area (Å²) in [4.78, 5) is 42.6. The van der Waals surface area contributed by atoms with E-state index in [1.165, 1.54) is 0 Å². The second-order valence-electron chi connectivity index (χ2n) is 8.80. The minimum Gasteiger partial charge on any atom is -0.481 e. The Bertz CT molecular complexity index is 1420. The third kappa shape index (κ3) is 6.28.